The number of aryl methyl sites for hydroxylation is 1. The lowest BCUT2D eigenvalue weighted by molar-refractivity contribution is 0.458. The lowest BCUT2D eigenvalue weighted by atomic mass is 10.2. The number of benzene rings is 1. The van der Waals surface area contributed by atoms with Gasteiger partial charge in [0.2, 0.25) is 5.88 Å². The largest absolute Gasteiger partial charge is 0.437 e. The van der Waals surface area contributed by atoms with Crippen molar-refractivity contribution in [3.63, 3.8) is 0 Å². The number of rotatable bonds is 6. The first-order valence-electron chi connectivity index (χ1n) is 7.00. The molecule has 0 bridgehead atoms. The van der Waals surface area contributed by atoms with Gasteiger partial charge in [0.05, 0.1) is 18.1 Å². The van der Waals surface area contributed by atoms with Gasteiger partial charge in [-0.15, -0.1) is 0 Å². The zero-order valence-corrected chi connectivity index (χ0v) is 13.3. The molecule has 0 fully saturated rings. The number of halogens is 1. The summed E-state index contributed by atoms with van der Waals surface area (Å²) < 4.78 is 5.66. The van der Waals surface area contributed by atoms with Crippen LogP contribution in [0.25, 0.3) is 0 Å². The molecule has 21 heavy (non-hydrogen) atoms. The first-order chi connectivity index (χ1) is 10.0. The minimum atomic E-state index is 0.476. The van der Waals surface area contributed by atoms with E-state index in [-0.39, 0.29) is 0 Å². The number of ether oxygens (including phenoxy) is 1. The fraction of sp³-hybridized carbons (Fsp3) is 0.375. The molecule has 0 amide bonds. The molecular weight excluding hydrogens is 286 g/mol. The molecule has 2 aromatic rings. The van der Waals surface area contributed by atoms with E-state index in [1.165, 1.54) is 0 Å². The number of nitrogens with one attached hydrogen (secondary N) is 1. The molecular formula is C16H20ClN3O. The van der Waals surface area contributed by atoms with E-state index in [4.69, 9.17) is 16.3 Å². The minimum Gasteiger partial charge on any atom is -0.437 e. The van der Waals surface area contributed by atoms with E-state index in [1.54, 1.807) is 12.4 Å². The average molecular weight is 306 g/mol. The number of hydrogen-bond donors (Lipinski definition) is 1. The summed E-state index contributed by atoms with van der Waals surface area (Å²) in [5.41, 5.74) is 1.87. The second kappa shape index (κ2) is 7.38. The molecule has 4 nitrogen and oxygen atoms in total. The van der Waals surface area contributed by atoms with Gasteiger partial charge < -0.3 is 10.1 Å². The molecule has 0 radical (unpaired) electrons. The Morgan fingerprint density at radius 1 is 1.24 bits per heavy atom. The summed E-state index contributed by atoms with van der Waals surface area (Å²) in [6.45, 7) is 7.95. The molecule has 0 aliphatic heterocycles. The lowest BCUT2D eigenvalue weighted by Crippen LogP contribution is -2.19. The lowest BCUT2D eigenvalue weighted by Gasteiger charge is -2.08. The van der Waals surface area contributed by atoms with Gasteiger partial charge in [-0.2, -0.15) is 0 Å². The van der Waals surface area contributed by atoms with Crippen LogP contribution in [0.2, 0.25) is 5.02 Å². The normalized spacial score (nSPS) is 10.9. The van der Waals surface area contributed by atoms with Crippen LogP contribution in [0.4, 0.5) is 0 Å². The Bertz CT molecular complexity index is 585. The van der Waals surface area contributed by atoms with Crippen molar-refractivity contribution in [2.24, 2.45) is 5.92 Å². The van der Waals surface area contributed by atoms with Gasteiger partial charge in [-0.05, 0) is 43.1 Å². The van der Waals surface area contributed by atoms with Gasteiger partial charge in [-0.25, -0.2) is 4.98 Å². The Hall–Kier alpha value is -1.65. The Morgan fingerprint density at radius 3 is 2.67 bits per heavy atom. The van der Waals surface area contributed by atoms with Gasteiger partial charge in [0, 0.05) is 11.6 Å². The van der Waals surface area contributed by atoms with Crippen LogP contribution in [0.15, 0.2) is 30.6 Å². The van der Waals surface area contributed by atoms with E-state index in [1.807, 2.05) is 25.1 Å². The van der Waals surface area contributed by atoms with Crippen LogP contribution in [0, 0.1) is 12.8 Å². The molecule has 1 N–H and O–H groups in total. The van der Waals surface area contributed by atoms with Crippen molar-refractivity contribution in [1.29, 1.82) is 0 Å². The highest BCUT2D eigenvalue weighted by Crippen LogP contribution is 2.24. The third-order valence-corrected chi connectivity index (χ3v) is 3.32. The number of hydrogen-bond acceptors (Lipinski definition) is 4. The van der Waals surface area contributed by atoms with Crippen LogP contribution < -0.4 is 10.1 Å². The van der Waals surface area contributed by atoms with E-state index < -0.39 is 0 Å². The topological polar surface area (TPSA) is 47.0 Å². The molecule has 0 spiro atoms. The maximum atomic E-state index is 5.98. The summed E-state index contributed by atoms with van der Waals surface area (Å²) in [5.74, 6) is 1.80. The van der Waals surface area contributed by atoms with E-state index >= 15 is 0 Å². The number of nitrogens with zero attached hydrogens (tertiary/aromatic N) is 2. The van der Waals surface area contributed by atoms with Crippen molar-refractivity contribution in [3.8, 4) is 11.6 Å². The van der Waals surface area contributed by atoms with Gasteiger partial charge in [0.1, 0.15) is 5.75 Å². The van der Waals surface area contributed by atoms with Crippen molar-refractivity contribution < 1.29 is 4.74 Å². The Morgan fingerprint density at radius 2 is 2.05 bits per heavy atom. The second-order valence-corrected chi connectivity index (χ2v) is 5.79. The molecule has 112 valence electrons. The van der Waals surface area contributed by atoms with Crippen LogP contribution in [-0.2, 0) is 6.54 Å². The zero-order chi connectivity index (χ0) is 15.2. The summed E-state index contributed by atoms with van der Waals surface area (Å²) in [4.78, 5) is 8.60. The van der Waals surface area contributed by atoms with Crippen LogP contribution in [0.3, 0.4) is 0 Å². The molecule has 5 heteroatoms. The highest BCUT2D eigenvalue weighted by atomic mass is 35.5. The van der Waals surface area contributed by atoms with Gasteiger partial charge in [0.25, 0.3) is 0 Å². The molecule has 1 aromatic heterocycles. The fourth-order valence-corrected chi connectivity index (χ4v) is 1.89. The quantitative estimate of drug-likeness (QED) is 0.877. The van der Waals surface area contributed by atoms with Crippen LogP contribution in [0.1, 0.15) is 25.1 Å². The highest BCUT2D eigenvalue weighted by molar-refractivity contribution is 6.31. The van der Waals surface area contributed by atoms with E-state index in [0.717, 1.165) is 22.8 Å². The average Bonchev–Trinajstić information content (AvgIpc) is 2.44. The summed E-state index contributed by atoms with van der Waals surface area (Å²) in [6.07, 6.45) is 3.36. The molecule has 0 saturated heterocycles. The maximum absolute atomic E-state index is 5.98. The molecule has 0 atom stereocenters. The molecule has 0 saturated carbocycles. The van der Waals surface area contributed by atoms with Crippen molar-refractivity contribution in [2.75, 3.05) is 6.54 Å². The van der Waals surface area contributed by atoms with Gasteiger partial charge in [-0.1, -0.05) is 25.4 Å². The summed E-state index contributed by atoms with van der Waals surface area (Å²) >= 11 is 5.98. The van der Waals surface area contributed by atoms with Gasteiger partial charge in [-0.3, -0.25) is 4.98 Å². The van der Waals surface area contributed by atoms with Crippen molar-refractivity contribution in [3.05, 3.63) is 46.9 Å². The third kappa shape index (κ3) is 4.99. The predicted octanol–water partition coefficient (Wildman–Crippen LogP) is 3.98. The zero-order valence-electron chi connectivity index (χ0n) is 12.6. The van der Waals surface area contributed by atoms with Crippen molar-refractivity contribution >= 4 is 11.6 Å². The fourth-order valence-electron chi connectivity index (χ4n) is 1.78. The molecule has 0 aliphatic carbocycles. The first kappa shape index (κ1) is 15.7. The molecule has 1 aromatic carbocycles. The number of aromatic nitrogens is 2. The summed E-state index contributed by atoms with van der Waals surface area (Å²) in [6, 6.07) is 5.50. The molecule has 1 heterocycles. The van der Waals surface area contributed by atoms with Gasteiger partial charge in [0.15, 0.2) is 0 Å². The maximum Gasteiger partial charge on any atom is 0.237 e. The molecule has 2 rings (SSSR count). The van der Waals surface area contributed by atoms with Crippen LogP contribution in [0.5, 0.6) is 11.6 Å². The van der Waals surface area contributed by atoms with Gasteiger partial charge >= 0.3 is 0 Å². The van der Waals surface area contributed by atoms with E-state index in [2.05, 4.69) is 29.1 Å². The Kier molecular flexibility index (Phi) is 5.53. The van der Waals surface area contributed by atoms with Crippen LogP contribution >= 0.6 is 11.6 Å². The van der Waals surface area contributed by atoms with Crippen molar-refractivity contribution in [2.45, 2.75) is 27.3 Å². The standard InChI is InChI=1S/C16H20ClN3O/c1-11(2)7-18-8-13-9-20-16(10-19-13)21-14-4-5-15(17)12(3)6-14/h4-6,9-11,18H,7-8H2,1-3H3. The van der Waals surface area contributed by atoms with Crippen LogP contribution in [-0.4, -0.2) is 16.5 Å². The molecule has 0 unspecified atom stereocenters. The third-order valence-electron chi connectivity index (χ3n) is 2.89. The Balaban J connectivity index is 1.94. The summed E-state index contributed by atoms with van der Waals surface area (Å²) in [7, 11) is 0. The first-order valence-corrected chi connectivity index (χ1v) is 7.38. The minimum absolute atomic E-state index is 0.476. The SMILES string of the molecule is Cc1cc(Oc2cnc(CNCC(C)C)cn2)ccc1Cl. The highest BCUT2D eigenvalue weighted by Gasteiger charge is 2.03. The molecule has 0 aliphatic rings. The van der Waals surface area contributed by atoms with Crippen molar-refractivity contribution in [1.82, 2.24) is 15.3 Å². The second-order valence-electron chi connectivity index (χ2n) is 5.38. The smallest absolute Gasteiger partial charge is 0.237 e. The monoisotopic (exact) mass is 305 g/mol. The summed E-state index contributed by atoms with van der Waals surface area (Å²) in [5, 5.41) is 4.05. The predicted molar refractivity (Wildman–Crippen MR) is 84.8 cm³/mol. The van der Waals surface area contributed by atoms with E-state index in [0.29, 0.717) is 24.1 Å². The Labute approximate surface area is 130 Å². The van der Waals surface area contributed by atoms with E-state index in [9.17, 15) is 0 Å².